The van der Waals surface area contributed by atoms with Gasteiger partial charge in [0, 0.05) is 30.6 Å². The molecule has 7 heteroatoms. The zero-order chi connectivity index (χ0) is 19.7. The van der Waals surface area contributed by atoms with Crippen molar-refractivity contribution in [3.8, 4) is 0 Å². The van der Waals surface area contributed by atoms with Gasteiger partial charge in [0.2, 0.25) is 9.84 Å². The van der Waals surface area contributed by atoms with Gasteiger partial charge in [0.05, 0.1) is 4.90 Å². The standard InChI is InChI=1S/C21H18N2O3S2/c1-15-12-21(27-14-15)28(25,26)18-6-2-16(3-7-18)4-8-19(24)17-5-9-20-22-10-11-23(20)13-17/h2-3,5-7,9-14H,4,8H2,1H3. The molecule has 0 amide bonds. The third kappa shape index (κ3) is 3.63. The second kappa shape index (κ2) is 7.33. The minimum absolute atomic E-state index is 0.0429. The van der Waals surface area contributed by atoms with E-state index in [0.29, 0.717) is 22.6 Å². The lowest BCUT2D eigenvalue weighted by Crippen LogP contribution is -2.03. The van der Waals surface area contributed by atoms with Crippen LogP contribution in [0.1, 0.15) is 27.9 Å². The van der Waals surface area contributed by atoms with Gasteiger partial charge >= 0.3 is 0 Å². The van der Waals surface area contributed by atoms with Crippen LogP contribution in [0.2, 0.25) is 0 Å². The first-order valence-corrected chi connectivity index (χ1v) is 11.1. The average molecular weight is 411 g/mol. The number of carbonyl (C=O) groups is 1. The van der Waals surface area contributed by atoms with E-state index in [9.17, 15) is 13.2 Å². The van der Waals surface area contributed by atoms with Gasteiger partial charge in [-0.15, -0.1) is 11.3 Å². The van der Waals surface area contributed by atoms with E-state index < -0.39 is 9.84 Å². The Morgan fingerprint density at radius 1 is 1.14 bits per heavy atom. The summed E-state index contributed by atoms with van der Waals surface area (Å²) in [7, 11) is -3.48. The number of carbonyl (C=O) groups excluding carboxylic acids is 1. The van der Waals surface area contributed by atoms with Gasteiger partial charge in [-0.2, -0.15) is 0 Å². The number of ketones is 1. The topological polar surface area (TPSA) is 68.5 Å². The van der Waals surface area contributed by atoms with Crippen LogP contribution in [-0.4, -0.2) is 23.6 Å². The fourth-order valence-electron chi connectivity index (χ4n) is 2.98. The number of benzene rings is 1. The second-order valence-electron chi connectivity index (χ2n) is 6.62. The molecule has 28 heavy (non-hydrogen) atoms. The highest BCUT2D eigenvalue weighted by Gasteiger charge is 2.19. The molecule has 0 spiro atoms. The molecule has 4 aromatic rings. The number of nitrogens with zero attached hydrogens (tertiary/aromatic N) is 2. The molecule has 0 fully saturated rings. The summed E-state index contributed by atoms with van der Waals surface area (Å²) in [5.41, 5.74) is 3.30. The Bertz CT molecular complexity index is 1250. The number of aromatic nitrogens is 2. The molecule has 0 radical (unpaired) electrons. The van der Waals surface area contributed by atoms with Crippen molar-refractivity contribution in [2.75, 3.05) is 0 Å². The van der Waals surface area contributed by atoms with Crippen LogP contribution < -0.4 is 0 Å². The SMILES string of the molecule is Cc1csc(S(=O)(=O)c2ccc(CCC(=O)c3ccc4nccn4c3)cc2)c1. The summed E-state index contributed by atoms with van der Waals surface area (Å²) < 4.78 is 27.5. The molecule has 142 valence electrons. The van der Waals surface area contributed by atoms with Crippen molar-refractivity contribution in [1.29, 1.82) is 0 Å². The van der Waals surface area contributed by atoms with Crippen molar-refractivity contribution < 1.29 is 13.2 Å². The largest absolute Gasteiger partial charge is 0.306 e. The van der Waals surface area contributed by atoms with E-state index in [2.05, 4.69) is 4.98 Å². The summed E-state index contributed by atoms with van der Waals surface area (Å²) in [6.45, 7) is 1.88. The first-order valence-electron chi connectivity index (χ1n) is 8.78. The lowest BCUT2D eigenvalue weighted by atomic mass is 10.0. The van der Waals surface area contributed by atoms with Gasteiger partial charge < -0.3 is 4.40 Å². The maximum absolute atomic E-state index is 12.6. The number of pyridine rings is 1. The Morgan fingerprint density at radius 3 is 2.64 bits per heavy atom. The molecule has 3 heterocycles. The number of rotatable bonds is 6. The van der Waals surface area contributed by atoms with Crippen LogP contribution in [0.3, 0.4) is 0 Å². The third-order valence-electron chi connectivity index (χ3n) is 4.56. The lowest BCUT2D eigenvalue weighted by Gasteiger charge is -2.05. The van der Waals surface area contributed by atoms with E-state index in [1.54, 1.807) is 55.0 Å². The number of thiophene rings is 1. The Kier molecular flexibility index (Phi) is 4.87. The predicted molar refractivity (Wildman–Crippen MR) is 109 cm³/mol. The first kappa shape index (κ1) is 18.6. The molecule has 0 aliphatic carbocycles. The van der Waals surface area contributed by atoms with Crippen LogP contribution >= 0.6 is 11.3 Å². The van der Waals surface area contributed by atoms with E-state index in [-0.39, 0.29) is 10.7 Å². The van der Waals surface area contributed by atoms with Crippen LogP contribution in [0, 0.1) is 6.92 Å². The molecular formula is C21H18N2O3S2. The van der Waals surface area contributed by atoms with E-state index in [1.807, 2.05) is 22.8 Å². The maximum Gasteiger partial charge on any atom is 0.215 e. The van der Waals surface area contributed by atoms with Crippen LogP contribution in [-0.2, 0) is 16.3 Å². The molecule has 4 rings (SSSR count). The van der Waals surface area contributed by atoms with Crippen LogP contribution in [0.25, 0.3) is 5.65 Å². The minimum Gasteiger partial charge on any atom is -0.306 e. The molecule has 3 aromatic heterocycles. The molecule has 0 unspecified atom stereocenters. The van der Waals surface area contributed by atoms with Gasteiger partial charge in [-0.05, 0) is 60.2 Å². The van der Waals surface area contributed by atoms with Gasteiger partial charge in [-0.3, -0.25) is 4.79 Å². The Morgan fingerprint density at radius 2 is 1.93 bits per heavy atom. The molecule has 0 N–H and O–H groups in total. The summed E-state index contributed by atoms with van der Waals surface area (Å²) in [5, 5.41) is 1.83. The summed E-state index contributed by atoms with van der Waals surface area (Å²) in [5.74, 6) is 0.0429. The van der Waals surface area contributed by atoms with Crippen molar-refractivity contribution in [2.24, 2.45) is 0 Å². The van der Waals surface area contributed by atoms with E-state index in [0.717, 1.165) is 16.8 Å². The van der Waals surface area contributed by atoms with Crippen molar-refractivity contribution in [3.05, 3.63) is 83.1 Å². The molecular weight excluding hydrogens is 392 g/mol. The molecule has 0 bridgehead atoms. The number of hydrogen-bond donors (Lipinski definition) is 0. The summed E-state index contributed by atoms with van der Waals surface area (Å²) >= 11 is 1.23. The quantitative estimate of drug-likeness (QED) is 0.443. The Labute approximate surface area is 167 Å². The van der Waals surface area contributed by atoms with E-state index >= 15 is 0 Å². The molecule has 5 nitrogen and oxygen atoms in total. The Hall–Kier alpha value is -2.77. The van der Waals surface area contributed by atoms with E-state index in [4.69, 9.17) is 0 Å². The van der Waals surface area contributed by atoms with E-state index in [1.165, 1.54) is 11.3 Å². The van der Waals surface area contributed by atoms with Gasteiger partial charge in [0.15, 0.2) is 5.78 Å². The maximum atomic E-state index is 12.6. The lowest BCUT2D eigenvalue weighted by molar-refractivity contribution is 0.0982. The first-order chi connectivity index (χ1) is 13.4. The third-order valence-corrected chi connectivity index (χ3v) is 7.88. The highest BCUT2D eigenvalue weighted by molar-refractivity contribution is 7.93. The average Bonchev–Trinajstić information content (AvgIpc) is 3.34. The minimum atomic E-state index is -3.48. The van der Waals surface area contributed by atoms with Crippen molar-refractivity contribution in [3.63, 3.8) is 0 Å². The zero-order valence-electron chi connectivity index (χ0n) is 15.2. The molecule has 0 aliphatic heterocycles. The molecule has 0 aliphatic rings. The zero-order valence-corrected chi connectivity index (χ0v) is 16.8. The van der Waals surface area contributed by atoms with Gasteiger partial charge in [-0.25, -0.2) is 13.4 Å². The van der Waals surface area contributed by atoms with Gasteiger partial charge in [0.1, 0.15) is 9.86 Å². The number of Topliss-reactive ketones (excluding diaryl/α,β-unsaturated/α-hetero) is 1. The highest BCUT2D eigenvalue weighted by Crippen LogP contribution is 2.27. The molecule has 1 aromatic carbocycles. The van der Waals surface area contributed by atoms with Crippen molar-refractivity contribution in [1.82, 2.24) is 9.38 Å². The highest BCUT2D eigenvalue weighted by atomic mass is 32.2. The van der Waals surface area contributed by atoms with Crippen LogP contribution in [0.5, 0.6) is 0 Å². The van der Waals surface area contributed by atoms with Crippen LogP contribution in [0.4, 0.5) is 0 Å². The number of aryl methyl sites for hydroxylation is 2. The monoisotopic (exact) mass is 410 g/mol. The number of hydrogen-bond acceptors (Lipinski definition) is 5. The van der Waals surface area contributed by atoms with Crippen LogP contribution in [0.15, 0.2) is 75.5 Å². The predicted octanol–water partition coefficient (Wildman–Crippen LogP) is 4.35. The normalized spacial score (nSPS) is 11.8. The molecule has 0 atom stereocenters. The molecule has 0 saturated carbocycles. The second-order valence-corrected chi connectivity index (χ2v) is 9.71. The Balaban J connectivity index is 1.45. The molecule has 0 saturated heterocycles. The fourth-order valence-corrected chi connectivity index (χ4v) is 5.62. The van der Waals surface area contributed by atoms with Gasteiger partial charge in [0.25, 0.3) is 0 Å². The van der Waals surface area contributed by atoms with Crippen molar-refractivity contribution >= 4 is 32.6 Å². The summed E-state index contributed by atoms with van der Waals surface area (Å²) in [4.78, 5) is 16.9. The summed E-state index contributed by atoms with van der Waals surface area (Å²) in [6, 6.07) is 12.1. The van der Waals surface area contributed by atoms with Crippen molar-refractivity contribution in [2.45, 2.75) is 28.9 Å². The number of imidazole rings is 1. The summed E-state index contributed by atoms with van der Waals surface area (Å²) in [6.07, 6.45) is 6.19. The smallest absolute Gasteiger partial charge is 0.215 e. The fraction of sp³-hybridized carbons (Fsp3) is 0.143. The van der Waals surface area contributed by atoms with Gasteiger partial charge in [-0.1, -0.05) is 12.1 Å². The number of fused-ring (bicyclic) bond motifs is 1. The number of sulfone groups is 1.